The van der Waals surface area contributed by atoms with Crippen molar-refractivity contribution in [2.75, 3.05) is 24.4 Å². The van der Waals surface area contributed by atoms with Crippen LogP contribution in [0.25, 0.3) is 0 Å². The van der Waals surface area contributed by atoms with E-state index < -0.39 is 5.97 Å². The second kappa shape index (κ2) is 5.30. The van der Waals surface area contributed by atoms with Gasteiger partial charge >= 0.3 is 5.97 Å². The summed E-state index contributed by atoms with van der Waals surface area (Å²) in [6.45, 7) is 0.536. The maximum absolute atomic E-state index is 11.7. The third kappa shape index (κ3) is 2.43. The van der Waals surface area contributed by atoms with Crippen LogP contribution in [0.5, 0.6) is 0 Å². The van der Waals surface area contributed by atoms with E-state index in [4.69, 9.17) is 11.6 Å². The average Bonchev–Trinajstić information content (AvgIpc) is 2.79. The summed E-state index contributed by atoms with van der Waals surface area (Å²) >= 11 is 5.74. The zero-order valence-electron chi connectivity index (χ0n) is 9.80. The lowest BCUT2D eigenvalue weighted by atomic mass is 10.1. The van der Waals surface area contributed by atoms with Crippen LogP contribution in [0.15, 0.2) is 12.1 Å². The van der Waals surface area contributed by atoms with Gasteiger partial charge in [0.25, 0.3) is 0 Å². The maximum atomic E-state index is 11.7. The summed E-state index contributed by atoms with van der Waals surface area (Å²) in [4.78, 5) is 24.4. The molecule has 0 radical (unpaired) electrons. The minimum absolute atomic E-state index is 0.0271. The minimum atomic E-state index is -0.555. The molecule has 0 spiro atoms. The van der Waals surface area contributed by atoms with Gasteiger partial charge in [0, 0.05) is 18.8 Å². The van der Waals surface area contributed by atoms with Gasteiger partial charge in [-0.05, 0) is 18.1 Å². The first-order chi connectivity index (χ1) is 8.65. The molecule has 0 N–H and O–H groups in total. The van der Waals surface area contributed by atoms with Crippen LogP contribution in [0.1, 0.15) is 16.9 Å². The number of nitrogens with zero attached hydrogens (tertiary/aromatic N) is 3. The summed E-state index contributed by atoms with van der Waals surface area (Å²) in [7, 11) is 1.27. The molecule has 0 aliphatic carbocycles. The SMILES string of the molecule is COC(=O)c1ccc(N2CC(CCl)CC2=O)nn1. The van der Waals surface area contributed by atoms with Gasteiger partial charge in [0.05, 0.1) is 7.11 Å². The summed E-state index contributed by atoms with van der Waals surface area (Å²) in [5, 5.41) is 7.59. The van der Waals surface area contributed by atoms with Crippen molar-refractivity contribution in [2.24, 2.45) is 5.92 Å². The smallest absolute Gasteiger partial charge is 0.358 e. The van der Waals surface area contributed by atoms with Crippen molar-refractivity contribution in [1.82, 2.24) is 10.2 Å². The third-order valence-corrected chi connectivity index (χ3v) is 3.18. The van der Waals surface area contributed by atoms with Crippen molar-refractivity contribution in [2.45, 2.75) is 6.42 Å². The molecule has 1 fully saturated rings. The van der Waals surface area contributed by atoms with Gasteiger partial charge in [-0.15, -0.1) is 21.8 Å². The van der Waals surface area contributed by atoms with E-state index in [1.807, 2.05) is 0 Å². The normalized spacial score (nSPS) is 19.1. The maximum Gasteiger partial charge on any atom is 0.358 e. The molecule has 1 amide bonds. The Hall–Kier alpha value is -1.69. The van der Waals surface area contributed by atoms with Gasteiger partial charge in [-0.25, -0.2) is 4.79 Å². The molecule has 1 unspecified atom stereocenters. The Morgan fingerprint density at radius 1 is 1.56 bits per heavy atom. The van der Waals surface area contributed by atoms with Gasteiger partial charge in [0.2, 0.25) is 5.91 Å². The molecule has 1 aromatic heterocycles. The van der Waals surface area contributed by atoms with Gasteiger partial charge in [-0.1, -0.05) is 0 Å². The van der Waals surface area contributed by atoms with Crippen LogP contribution in [-0.2, 0) is 9.53 Å². The molecule has 6 nitrogen and oxygen atoms in total. The third-order valence-electron chi connectivity index (χ3n) is 2.74. The molecule has 96 valence electrons. The van der Waals surface area contributed by atoms with E-state index in [1.54, 1.807) is 6.07 Å². The van der Waals surface area contributed by atoms with E-state index in [0.29, 0.717) is 24.7 Å². The molecule has 2 rings (SSSR count). The van der Waals surface area contributed by atoms with Crippen LogP contribution in [-0.4, -0.2) is 41.6 Å². The number of carbonyl (C=O) groups is 2. The zero-order chi connectivity index (χ0) is 13.1. The molecular formula is C11H12ClN3O3. The van der Waals surface area contributed by atoms with E-state index in [2.05, 4.69) is 14.9 Å². The number of carbonyl (C=O) groups excluding carboxylic acids is 2. The lowest BCUT2D eigenvalue weighted by Gasteiger charge is -2.14. The quantitative estimate of drug-likeness (QED) is 0.601. The van der Waals surface area contributed by atoms with Crippen molar-refractivity contribution in [3.8, 4) is 0 Å². The van der Waals surface area contributed by atoms with E-state index in [9.17, 15) is 9.59 Å². The lowest BCUT2D eigenvalue weighted by Crippen LogP contribution is -2.26. The van der Waals surface area contributed by atoms with Crippen LogP contribution in [0.4, 0.5) is 5.82 Å². The highest BCUT2D eigenvalue weighted by Gasteiger charge is 2.31. The molecule has 2 heterocycles. The summed E-state index contributed by atoms with van der Waals surface area (Å²) in [6, 6.07) is 3.06. The topological polar surface area (TPSA) is 72.4 Å². The zero-order valence-corrected chi connectivity index (χ0v) is 10.6. The van der Waals surface area contributed by atoms with Crippen LogP contribution in [0, 0.1) is 5.92 Å². The first-order valence-electron chi connectivity index (χ1n) is 5.44. The molecule has 18 heavy (non-hydrogen) atoms. The van der Waals surface area contributed by atoms with Gasteiger partial charge in [-0.2, -0.15) is 0 Å². The minimum Gasteiger partial charge on any atom is -0.464 e. The van der Waals surface area contributed by atoms with Crippen molar-refractivity contribution >= 4 is 29.3 Å². The first-order valence-corrected chi connectivity index (χ1v) is 5.97. The van der Waals surface area contributed by atoms with Crippen LogP contribution in [0.2, 0.25) is 0 Å². The Balaban J connectivity index is 2.15. The second-order valence-electron chi connectivity index (χ2n) is 4.00. The van der Waals surface area contributed by atoms with Crippen molar-refractivity contribution in [1.29, 1.82) is 0 Å². The Morgan fingerprint density at radius 2 is 2.33 bits per heavy atom. The summed E-state index contributed by atoms with van der Waals surface area (Å²) < 4.78 is 4.52. The molecule has 0 bridgehead atoms. The highest BCUT2D eigenvalue weighted by molar-refractivity contribution is 6.18. The molecule has 7 heteroatoms. The Morgan fingerprint density at radius 3 is 2.83 bits per heavy atom. The predicted octanol–water partition coefficient (Wildman–Crippen LogP) is 0.855. The fraction of sp³-hybridized carbons (Fsp3) is 0.455. The van der Waals surface area contributed by atoms with Gasteiger partial charge in [0.1, 0.15) is 0 Å². The highest BCUT2D eigenvalue weighted by Crippen LogP contribution is 2.23. The number of hydrogen-bond donors (Lipinski definition) is 0. The van der Waals surface area contributed by atoms with Crippen molar-refractivity contribution < 1.29 is 14.3 Å². The molecule has 1 aromatic rings. The van der Waals surface area contributed by atoms with Gasteiger partial charge in [-0.3, -0.25) is 9.69 Å². The number of amides is 1. The monoisotopic (exact) mass is 269 g/mol. The van der Waals surface area contributed by atoms with E-state index in [0.717, 1.165) is 0 Å². The van der Waals surface area contributed by atoms with Crippen molar-refractivity contribution in [3.05, 3.63) is 17.8 Å². The molecule has 1 aliphatic heterocycles. The number of rotatable bonds is 3. The second-order valence-corrected chi connectivity index (χ2v) is 4.31. The van der Waals surface area contributed by atoms with E-state index in [-0.39, 0.29) is 17.5 Å². The predicted molar refractivity (Wildman–Crippen MR) is 64.6 cm³/mol. The molecular weight excluding hydrogens is 258 g/mol. The van der Waals surface area contributed by atoms with Crippen LogP contribution in [0.3, 0.4) is 0 Å². The molecule has 1 saturated heterocycles. The standard InChI is InChI=1S/C11H12ClN3O3/c1-18-11(17)8-2-3-9(14-13-8)15-6-7(5-12)4-10(15)16/h2-3,7H,4-6H2,1H3. The number of esters is 1. The summed E-state index contributed by atoms with van der Waals surface area (Å²) in [5.41, 5.74) is 0.113. The lowest BCUT2D eigenvalue weighted by molar-refractivity contribution is -0.117. The Kier molecular flexibility index (Phi) is 3.76. The largest absolute Gasteiger partial charge is 0.464 e. The van der Waals surface area contributed by atoms with E-state index in [1.165, 1.54) is 18.1 Å². The number of ether oxygens (including phenoxy) is 1. The average molecular weight is 270 g/mol. The van der Waals surface area contributed by atoms with Gasteiger partial charge < -0.3 is 4.74 Å². The molecule has 1 atom stereocenters. The molecule has 1 aliphatic rings. The van der Waals surface area contributed by atoms with Gasteiger partial charge in [0.15, 0.2) is 11.5 Å². The first kappa shape index (κ1) is 12.8. The number of hydrogen-bond acceptors (Lipinski definition) is 5. The number of aromatic nitrogens is 2. The summed E-state index contributed by atoms with van der Waals surface area (Å²) in [6.07, 6.45) is 0.421. The number of halogens is 1. The number of methoxy groups -OCH3 is 1. The number of anilines is 1. The van der Waals surface area contributed by atoms with Crippen LogP contribution < -0.4 is 4.90 Å². The number of alkyl halides is 1. The fourth-order valence-corrected chi connectivity index (χ4v) is 2.00. The van der Waals surface area contributed by atoms with E-state index >= 15 is 0 Å². The molecule has 0 aromatic carbocycles. The highest BCUT2D eigenvalue weighted by atomic mass is 35.5. The Bertz CT molecular complexity index is 463. The van der Waals surface area contributed by atoms with Crippen molar-refractivity contribution in [3.63, 3.8) is 0 Å². The summed E-state index contributed by atoms with van der Waals surface area (Å²) in [5.74, 6) is 0.429. The molecule has 0 saturated carbocycles. The van der Waals surface area contributed by atoms with Crippen LogP contribution >= 0.6 is 11.6 Å². The fourth-order valence-electron chi connectivity index (χ4n) is 1.79. The Labute approximate surface area is 109 Å².